The first-order valence-corrected chi connectivity index (χ1v) is 10.0. The summed E-state index contributed by atoms with van der Waals surface area (Å²) in [7, 11) is 0. The van der Waals surface area contributed by atoms with E-state index in [-0.39, 0.29) is 5.75 Å². The van der Waals surface area contributed by atoms with Crippen molar-refractivity contribution >= 4 is 27.3 Å². The summed E-state index contributed by atoms with van der Waals surface area (Å²) >= 11 is 3.48. The number of halogens is 1. The van der Waals surface area contributed by atoms with Crippen molar-refractivity contribution in [2.45, 2.75) is 13.0 Å². The highest BCUT2D eigenvalue weighted by molar-refractivity contribution is 9.10. The molecule has 0 fully saturated rings. The summed E-state index contributed by atoms with van der Waals surface area (Å²) in [4.78, 5) is 0. The van der Waals surface area contributed by atoms with Gasteiger partial charge in [0.1, 0.15) is 5.75 Å². The number of nitrogens with two attached hydrogens (primary N) is 2. The van der Waals surface area contributed by atoms with Crippen molar-refractivity contribution in [1.82, 2.24) is 10.7 Å². The summed E-state index contributed by atoms with van der Waals surface area (Å²) in [5.41, 5.74) is 14.6. The predicted octanol–water partition coefficient (Wildman–Crippen LogP) is 3.64. The Hall–Kier alpha value is -2.84. The first-order valence-electron chi connectivity index (χ1n) is 9.23. The molecule has 0 bridgehead atoms. The summed E-state index contributed by atoms with van der Waals surface area (Å²) in [6, 6.07) is 23.3. The van der Waals surface area contributed by atoms with E-state index in [9.17, 15) is 5.11 Å². The smallest absolute Gasteiger partial charge is 0.119 e. The van der Waals surface area contributed by atoms with Crippen molar-refractivity contribution in [3.05, 3.63) is 99.7 Å². The summed E-state index contributed by atoms with van der Waals surface area (Å²) in [6.45, 7) is 0.492. The fourth-order valence-electron chi connectivity index (χ4n) is 3.37. The van der Waals surface area contributed by atoms with Gasteiger partial charge in [0, 0.05) is 23.0 Å². The predicted molar refractivity (Wildman–Crippen MR) is 119 cm³/mol. The highest BCUT2D eigenvalue weighted by Crippen LogP contribution is 2.34. The number of hydrogen-bond acceptors (Lipinski definition) is 6. The number of anilines is 1. The second-order valence-corrected chi connectivity index (χ2v) is 7.69. The average molecular weight is 452 g/mol. The van der Waals surface area contributed by atoms with Crippen molar-refractivity contribution in [2.24, 2.45) is 11.6 Å². The van der Waals surface area contributed by atoms with E-state index >= 15 is 0 Å². The van der Waals surface area contributed by atoms with E-state index in [1.54, 1.807) is 6.07 Å². The lowest BCUT2D eigenvalue weighted by Crippen LogP contribution is -2.49. The number of nitrogens with zero attached hydrogens (tertiary/aromatic N) is 2. The van der Waals surface area contributed by atoms with Crippen LogP contribution in [0.5, 0.6) is 5.75 Å². The Morgan fingerprint density at radius 1 is 0.931 bits per heavy atom. The Bertz CT molecular complexity index is 1030. The van der Waals surface area contributed by atoms with Crippen LogP contribution in [0.15, 0.2) is 83.0 Å². The number of hydrazine groups is 3. The lowest BCUT2D eigenvalue weighted by molar-refractivity contribution is 0.249. The van der Waals surface area contributed by atoms with Crippen LogP contribution in [0.25, 0.3) is 5.70 Å². The highest BCUT2D eigenvalue weighted by Gasteiger charge is 2.30. The minimum atomic E-state index is 0.254. The van der Waals surface area contributed by atoms with Gasteiger partial charge in [0.15, 0.2) is 0 Å². The maximum Gasteiger partial charge on any atom is 0.119 e. The third-order valence-corrected chi connectivity index (χ3v) is 5.41. The molecule has 6 nitrogen and oxygen atoms in total. The number of nitrogens with one attached hydrogen (secondary N) is 1. The van der Waals surface area contributed by atoms with Crippen molar-refractivity contribution < 1.29 is 5.11 Å². The number of rotatable bonds is 5. The number of hydrogen-bond donors (Lipinski definition) is 4. The number of phenols is 1. The van der Waals surface area contributed by atoms with Gasteiger partial charge in [-0.1, -0.05) is 63.6 Å². The van der Waals surface area contributed by atoms with Gasteiger partial charge in [0.05, 0.1) is 17.1 Å². The van der Waals surface area contributed by atoms with E-state index in [1.165, 1.54) is 5.23 Å². The van der Waals surface area contributed by atoms with Gasteiger partial charge in [-0.15, -0.1) is 0 Å². The molecular weight excluding hydrogens is 430 g/mol. The molecule has 7 heteroatoms. The largest absolute Gasteiger partial charge is 0.508 e. The van der Waals surface area contributed by atoms with Crippen molar-refractivity contribution in [3.63, 3.8) is 0 Å². The molecule has 0 amide bonds. The Kier molecular flexibility index (Phi) is 5.55. The van der Waals surface area contributed by atoms with Crippen molar-refractivity contribution in [1.29, 1.82) is 0 Å². The molecule has 0 unspecified atom stereocenters. The molecule has 4 rings (SSSR count). The van der Waals surface area contributed by atoms with Gasteiger partial charge in [-0.25, -0.2) is 10.9 Å². The van der Waals surface area contributed by atoms with Crippen LogP contribution in [-0.4, -0.2) is 10.3 Å². The number of allylic oxidation sites excluding steroid dienone is 1. The van der Waals surface area contributed by atoms with Crippen LogP contribution in [-0.2, 0) is 13.0 Å². The third kappa shape index (κ3) is 3.99. The number of benzene rings is 3. The molecular formula is C22H22BrN5O. The molecule has 0 aromatic heterocycles. The lowest BCUT2D eigenvalue weighted by Gasteiger charge is -2.27. The standard InChI is InChI=1S/C22H22BrN5O/c23-18-9-11-19(12-10-18)27-20(13-17-3-1-2-4-21(17)29)22(26-28(27)25)16-7-5-15(14-24)6-8-16/h1-12,26,29H,13-14,24-25H2. The third-order valence-electron chi connectivity index (χ3n) is 4.89. The second kappa shape index (κ2) is 8.26. The van der Waals surface area contributed by atoms with E-state index in [0.29, 0.717) is 13.0 Å². The monoisotopic (exact) mass is 451 g/mol. The molecule has 0 aliphatic carbocycles. The topological polar surface area (TPSA) is 90.8 Å². The zero-order chi connectivity index (χ0) is 20.4. The SMILES string of the molecule is NCc1ccc(C2=C(Cc3ccccc3O)N(c3ccc(Br)cc3)N(N)N2)cc1. The molecule has 0 atom stereocenters. The first-order chi connectivity index (χ1) is 14.1. The Labute approximate surface area is 178 Å². The second-order valence-electron chi connectivity index (χ2n) is 6.77. The van der Waals surface area contributed by atoms with Crippen LogP contribution < -0.4 is 22.0 Å². The number of aromatic hydroxyl groups is 1. The van der Waals surface area contributed by atoms with Crippen molar-refractivity contribution in [3.8, 4) is 5.75 Å². The Balaban J connectivity index is 1.82. The molecule has 1 aliphatic rings. The Morgan fingerprint density at radius 2 is 1.62 bits per heavy atom. The van der Waals surface area contributed by atoms with E-state index in [4.69, 9.17) is 11.6 Å². The van der Waals surface area contributed by atoms with Gasteiger partial charge < -0.3 is 10.8 Å². The first kappa shape index (κ1) is 19.5. The number of phenolic OH excluding ortho intramolecular Hbond substituents is 1. The normalized spacial score (nSPS) is 14.4. The summed E-state index contributed by atoms with van der Waals surface area (Å²) in [5, 5.41) is 13.7. The van der Waals surface area contributed by atoms with Gasteiger partial charge in [-0.05, 0) is 41.5 Å². The quantitative estimate of drug-likeness (QED) is 0.442. The molecule has 3 aromatic rings. The molecule has 0 spiro atoms. The summed E-state index contributed by atoms with van der Waals surface area (Å²) in [6.07, 6.45) is 0.497. The van der Waals surface area contributed by atoms with E-state index in [0.717, 1.165) is 38.2 Å². The van der Waals surface area contributed by atoms with Gasteiger partial charge in [0.25, 0.3) is 0 Å². The fourth-order valence-corrected chi connectivity index (χ4v) is 3.63. The van der Waals surface area contributed by atoms with Crippen LogP contribution >= 0.6 is 15.9 Å². The van der Waals surface area contributed by atoms with Gasteiger partial charge in [-0.3, -0.25) is 5.43 Å². The molecule has 1 heterocycles. The minimum Gasteiger partial charge on any atom is -0.508 e. The minimum absolute atomic E-state index is 0.254. The average Bonchev–Trinajstić information content (AvgIpc) is 3.06. The van der Waals surface area contributed by atoms with E-state index in [1.807, 2.05) is 71.7 Å². The van der Waals surface area contributed by atoms with Crippen LogP contribution in [0.2, 0.25) is 0 Å². The van der Waals surface area contributed by atoms with Crippen LogP contribution in [0.1, 0.15) is 16.7 Å². The summed E-state index contributed by atoms with van der Waals surface area (Å²) in [5.74, 6) is 6.58. The van der Waals surface area contributed by atoms with E-state index < -0.39 is 0 Å². The summed E-state index contributed by atoms with van der Waals surface area (Å²) < 4.78 is 0.987. The van der Waals surface area contributed by atoms with Crippen LogP contribution in [0.3, 0.4) is 0 Å². The zero-order valence-corrected chi connectivity index (χ0v) is 17.3. The lowest BCUT2D eigenvalue weighted by atomic mass is 10.0. The van der Waals surface area contributed by atoms with Gasteiger partial charge in [0.2, 0.25) is 0 Å². The molecule has 0 saturated carbocycles. The van der Waals surface area contributed by atoms with Gasteiger partial charge >= 0.3 is 0 Å². The zero-order valence-electron chi connectivity index (χ0n) is 15.7. The number of para-hydroxylation sites is 1. The maximum atomic E-state index is 10.3. The Morgan fingerprint density at radius 3 is 2.28 bits per heavy atom. The highest BCUT2D eigenvalue weighted by atomic mass is 79.9. The molecule has 148 valence electrons. The van der Waals surface area contributed by atoms with Crippen molar-refractivity contribution in [2.75, 3.05) is 5.01 Å². The van der Waals surface area contributed by atoms with E-state index in [2.05, 4.69) is 21.4 Å². The van der Waals surface area contributed by atoms with Crippen LogP contribution in [0.4, 0.5) is 5.69 Å². The molecule has 3 aromatic carbocycles. The molecule has 0 saturated heterocycles. The molecule has 1 aliphatic heterocycles. The van der Waals surface area contributed by atoms with Gasteiger partial charge in [-0.2, -0.15) is 0 Å². The molecule has 0 radical (unpaired) electrons. The molecule has 6 N–H and O–H groups in total. The molecule has 29 heavy (non-hydrogen) atoms. The fraction of sp³-hybridized carbons (Fsp3) is 0.0909. The van der Waals surface area contributed by atoms with Crippen LogP contribution in [0, 0.1) is 0 Å². The maximum absolute atomic E-state index is 10.3.